The number of carbonyl (C=O) groups excluding carboxylic acids is 2. The van der Waals surface area contributed by atoms with Crippen LogP contribution in [-0.4, -0.2) is 36.2 Å². The average molecular weight is 425 g/mol. The summed E-state index contributed by atoms with van der Waals surface area (Å²) >= 11 is 0. The molecule has 3 aromatic carbocycles. The molecule has 0 radical (unpaired) electrons. The van der Waals surface area contributed by atoms with E-state index in [1.165, 1.54) is 13.3 Å². The Hall–Kier alpha value is -3.73. The SMILES string of the molecule is COC(=O)[C@]1(Cc2ccccc2)N=C[C@@]2(Oc3ccccc3C2=O)[C@H]1c1ccccc1C. The van der Waals surface area contributed by atoms with Gasteiger partial charge in [0.15, 0.2) is 5.54 Å². The second kappa shape index (κ2) is 7.45. The van der Waals surface area contributed by atoms with Crippen LogP contribution in [0, 0.1) is 6.92 Å². The highest BCUT2D eigenvalue weighted by Crippen LogP contribution is 2.53. The normalized spacial score (nSPS) is 25.6. The number of hydrogen-bond donors (Lipinski definition) is 0. The number of carbonyl (C=O) groups is 2. The van der Waals surface area contributed by atoms with Gasteiger partial charge in [-0.1, -0.05) is 66.7 Å². The highest BCUT2D eigenvalue weighted by Gasteiger charge is 2.67. The van der Waals surface area contributed by atoms with Crippen molar-refractivity contribution in [1.82, 2.24) is 0 Å². The van der Waals surface area contributed by atoms with E-state index < -0.39 is 23.0 Å². The van der Waals surface area contributed by atoms with Crippen molar-refractivity contribution < 1.29 is 19.1 Å². The first-order chi connectivity index (χ1) is 15.5. The highest BCUT2D eigenvalue weighted by molar-refractivity contribution is 6.19. The van der Waals surface area contributed by atoms with Crippen LogP contribution in [0.25, 0.3) is 0 Å². The maximum absolute atomic E-state index is 13.8. The first kappa shape index (κ1) is 20.2. The number of nitrogens with zero attached hydrogens (tertiary/aromatic N) is 1. The molecule has 2 aliphatic heterocycles. The van der Waals surface area contributed by atoms with E-state index in [0.717, 1.165) is 16.7 Å². The molecule has 3 aromatic rings. The number of para-hydroxylation sites is 1. The molecule has 2 aliphatic rings. The fourth-order valence-electron chi connectivity index (χ4n) is 5.05. The summed E-state index contributed by atoms with van der Waals surface area (Å²) in [6.45, 7) is 1.97. The molecule has 32 heavy (non-hydrogen) atoms. The topological polar surface area (TPSA) is 65.0 Å². The van der Waals surface area contributed by atoms with Crippen LogP contribution in [0.15, 0.2) is 83.9 Å². The van der Waals surface area contributed by atoms with Gasteiger partial charge in [0.1, 0.15) is 5.75 Å². The molecule has 0 fully saturated rings. The predicted octanol–water partition coefficient (Wildman–Crippen LogP) is 4.33. The zero-order chi connectivity index (χ0) is 22.3. The molecule has 5 rings (SSSR count). The van der Waals surface area contributed by atoms with E-state index in [0.29, 0.717) is 11.3 Å². The van der Waals surface area contributed by atoms with Crippen molar-refractivity contribution in [3.8, 4) is 5.75 Å². The number of fused-ring (bicyclic) bond motifs is 1. The summed E-state index contributed by atoms with van der Waals surface area (Å²) in [6.07, 6.45) is 1.82. The maximum Gasteiger partial charge on any atom is 0.334 e. The smallest absolute Gasteiger partial charge is 0.334 e. The van der Waals surface area contributed by atoms with Gasteiger partial charge in [0.2, 0.25) is 11.4 Å². The predicted molar refractivity (Wildman–Crippen MR) is 121 cm³/mol. The molecule has 0 saturated carbocycles. The largest absolute Gasteiger partial charge is 0.472 e. The Balaban J connectivity index is 1.74. The van der Waals surface area contributed by atoms with Crippen LogP contribution in [0.5, 0.6) is 5.75 Å². The minimum Gasteiger partial charge on any atom is -0.472 e. The first-order valence-corrected chi connectivity index (χ1v) is 10.6. The van der Waals surface area contributed by atoms with Gasteiger partial charge in [0, 0.05) is 6.42 Å². The van der Waals surface area contributed by atoms with Gasteiger partial charge in [-0.3, -0.25) is 9.79 Å². The molecular formula is C27H23NO4. The molecule has 0 N–H and O–H groups in total. The minimum atomic E-state index is -1.42. The fraction of sp³-hybridized carbons (Fsp3) is 0.222. The van der Waals surface area contributed by atoms with Crippen molar-refractivity contribution in [3.05, 3.63) is 101 Å². The Bertz CT molecular complexity index is 1240. The number of hydrogen-bond acceptors (Lipinski definition) is 5. The summed E-state index contributed by atoms with van der Waals surface area (Å²) < 4.78 is 11.7. The average Bonchev–Trinajstić information content (AvgIpc) is 3.29. The van der Waals surface area contributed by atoms with E-state index in [2.05, 4.69) is 0 Å². The fourth-order valence-corrected chi connectivity index (χ4v) is 5.05. The lowest BCUT2D eigenvalue weighted by molar-refractivity contribution is -0.148. The number of rotatable bonds is 4. The molecule has 0 saturated heterocycles. The van der Waals surface area contributed by atoms with E-state index in [4.69, 9.17) is 14.5 Å². The summed E-state index contributed by atoms with van der Waals surface area (Å²) in [4.78, 5) is 32.0. The second-order valence-corrected chi connectivity index (χ2v) is 8.35. The van der Waals surface area contributed by atoms with E-state index in [1.54, 1.807) is 12.1 Å². The zero-order valence-electron chi connectivity index (χ0n) is 17.9. The molecule has 3 atom stereocenters. The van der Waals surface area contributed by atoms with E-state index in [-0.39, 0.29) is 12.2 Å². The molecule has 2 heterocycles. The molecule has 160 valence electrons. The molecule has 0 amide bonds. The van der Waals surface area contributed by atoms with Gasteiger partial charge in [0.05, 0.1) is 24.8 Å². The minimum absolute atomic E-state index is 0.191. The van der Waals surface area contributed by atoms with Gasteiger partial charge < -0.3 is 9.47 Å². The number of benzene rings is 3. The van der Waals surface area contributed by atoms with E-state index in [9.17, 15) is 9.59 Å². The summed E-state index contributed by atoms with van der Waals surface area (Å²) in [5.41, 5.74) is 0.453. The Kier molecular flexibility index (Phi) is 4.70. The van der Waals surface area contributed by atoms with E-state index >= 15 is 0 Å². The number of aliphatic imine (C=N–C) groups is 1. The van der Waals surface area contributed by atoms with Crippen LogP contribution in [-0.2, 0) is 16.0 Å². The first-order valence-electron chi connectivity index (χ1n) is 10.6. The van der Waals surface area contributed by atoms with Crippen molar-refractivity contribution in [1.29, 1.82) is 0 Å². The van der Waals surface area contributed by atoms with Gasteiger partial charge in [-0.05, 0) is 35.7 Å². The highest BCUT2D eigenvalue weighted by atomic mass is 16.5. The van der Waals surface area contributed by atoms with Crippen LogP contribution in [0.1, 0.15) is 33.0 Å². The molecular weight excluding hydrogens is 402 g/mol. The van der Waals surface area contributed by atoms with Gasteiger partial charge in [-0.15, -0.1) is 0 Å². The summed E-state index contributed by atoms with van der Waals surface area (Å²) in [7, 11) is 1.36. The Labute approximate surface area is 186 Å². The summed E-state index contributed by atoms with van der Waals surface area (Å²) in [5, 5.41) is 0. The third kappa shape index (κ3) is 2.81. The molecule has 0 unspecified atom stereocenters. The molecule has 5 nitrogen and oxygen atoms in total. The Morgan fingerprint density at radius 2 is 1.69 bits per heavy atom. The monoisotopic (exact) mass is 425 g/mol. The van der Waals surface area contributed by atoms with Crippen molar-refractivity contribution in [2.24, 2.45) is 4.99 Å². The number of methoxy groups -OCH3 is 1. The number of esters is 1. The molecule has 1 spiro atoms. The quantitative estimate of drug-likeness (QED) is 0.584. The Morgan fingerprint density at radius 3 is 2.41 bits per heavy atom. The summed E-state index contributed by atoms with van der Waals surface area (Å²) in [6, 6.07) is 24.6. The number of Topliss-reactive ketones (excluding diaryl/α,β-unsaturated/α-hetero) is 1. The van der Waals surface area contributed by atoms with Gasteiger partial charge in [-0.2, -0.15) is 0 Å². The van der Waals surface area contributed by atoms with Crippen LogP contribution in [0.2, 0.25) is 0 Å². The molecule has 0 bridgehead atoms. The molecule has 0 aliphatic carbocycles. The Morgan fingerprint density at radius 1 is 1.00 bits per heavy atom. The molecule has 0 aromatic heterocycles. The lowest BCUT2D eigenvalue weighted by atomic mass is 9.67. The third-order valence-corrected chi connectivity index (χ3v) is 6.51. The van der Waals surface area contributed by atoms with E-state index in [1.807, 2.05) is 73.7 Å². The lowest BCUT2D eigenvalue weighted by Crippen LogP contribution is -2.55. The van der Waals surface area contributed by atoms with Crippen molar-refractivity contribution in [2.75, 3.05) is 7.11 Å². The summed E-state index contributed by atoms with van der Waals surface area (Å²) in [5.74, 6) is -0.870. The lowest BCUT2D eigenvalue weighted by Gasteiger charge is -2.38. The van der Waals surface area contributed by atoms with Crippen LogP contribution < -0.4 is 4.74 Å². The number of aryl methyl sites for hydroxylation is 1. The van der Waals surface area contributed by atoms with Crippen molar-refractivity contribution >= 4 is 18.0 Å². The zero-order valence-corrected chi connectivity index (χ0v) is 17.9. The van der Waals surface area contributed by atoms with Gasteiger partial charge >= 0.3 is 5.97 Å². The number of ether oxygens (including phenoxy) is 2. The van der Waals surface area contributed by atoms with Crippen molar-refractivity contribution in [3.63, 3.8) is 0 Å². The molecule has 5 heteroatoms. The maximum atomic E-state index is 13.8. The van der Waals surface area contributed by atoms with Crippen molar-refractivity contribution in [2.45, 2.75) is 30.4 Å². The van der Waals surface area contributed by atoms with Gasteiger partial charge in [0.25, 0.3) is 0 Å². The standard InChI is InChI=1S/C27H23NO4/c1-18-10-6-7-13-20(18)23-26(25(30)31-2,16-19-11-4-3-5-12-19)28-17-27(23)24(29)21-14-8-9-15-22(21)32-27/h3-15,17,23H,16H2,1-2H3/t23-,26+,27+/m0/s1. The second-order valence-electron chi connectivity index (χ2n) is 8.35. The number of ketones is 1. The van der Waals surface area contributed by atoms with Crippen LogP contribution in [0.4, 0.5) is 0 Å². The third-order valence-electron chi connectivity index (χ3n) is 6.51. The van der Waals surface area contributed by atoms with Crippen LogP contribution in [0.3, 0.4) is 0 Å². The van der Waals surface area contributed by atoms with Gasteiger partial charge in [-0.25, -0.2) is 4.79 Å². The van der Waals surface area contributed by atoms with Crippen LogP contribution >= 0.6 is 0 Å².